The van der Waals surface area contributed by atoms with Crippen molar-refractivity contribution in [3.05, 3.63) is 93.5 Å². The molecule has 0 aliphatic carbocycles. The average molecular weight is 456 g/mol. The molecule has 1 atom stereocenters. The van der Waals surface area contributed by atoms with E-state index in [9.17, 15) is 4.79 Å². The molecule has 30 heavy (non-hydrogen) atoms. The Balaban J connectivity index is 1.83. The van der Waals surface area contributed by atoms with E-state index in [0.717, 1.165) is 33.3 Å². The second kappa shape index (κ2) is 7.66. The van der Waals surface area contributed by atoms with Crippen LogP contribution in [0.25, 0.3) is 22.2 Å². The van der Waals surface area contributed by atoms with Crippen LogP contribution in [0.1, 0.15) is 27.5 Å². The Hall–Kier alpha value is -2.46. The number of hydrogen-bond donors (Lipinski definition) is 1. The summed E-state index contributed by atoms with van der Waals surface area (Å²) in [4.78, 5) is 18.6. The van der Waals surface area contributed by atoms with Crippen LogP contribution >= 0.6 is 34.8 Å². The van der Waals surface area contributed by atoms with Crippen LogP contribution < -0.4 is 0 Å². The molecule has 4 aromatic rings. The third-order valence-corrected chi connectivity index (χ3v) is 6.32. The summed E-state index contributed by atoms with van der Waals surface area (Å²) in [6.07, 6.45) is 0. The van der Waals surface area contributed by atoms with Gasteiger partial charge in [0.15, 0.2) is 0 Å². The fourth-order valence-electron chi connectivity index (χ4n) is 4.36. The molecular weight excluding hydrogens is 439 g/mol. The Kier molecular flexibility index (Phi) is 4.98. The molecule has 1 unspecified atom stereocenters. The molecule has 3 aromatic carbocycles. The maximum absolute atomic E-state index is 13.2. The fourth-order valence-corrected chi connectivity index (χ4v) is 5.04. The number of fused-ring (bicyclic) bond motifs is 2. The highest BCUT2D eigenvalue weighted by molar-refractivity contribution is 6.36. The molecule has 0 fully saturated rings. The van der Waals surface area contributed by atoms with E-state index in [4.69, 9.17) is 34.8 Å². The number of amides is 1. The number of rotatable bonds is 4. The molecule has 6 heteroatoms. The number of alkyl halides is 1. The lowest BCUT2D eigenvalue weighted by Crippen LogP contribution is -2.30. The fraction of sp³-hybridized carbons (Fsp3) is 0.125. The lowest BCUT2D eigenvalue weighted by Gasteiger charge is -2.26. The molecule has 3 nitrogen and oxygen atoms in total. The number of hydrogen-bond acceptors (Lipinski definition) is 1. The van der Waals surface area contributed by atoms with E-state index in [2.05, 4.69) is 11.1 Å². The van der Waals surface area contributed by atoms with E-state index in [0.29, 0.717) is 28.0 Å². The van der Waals surface area contributed by atoms with Crippen molar-refractivity contribution in [3.8, 4) is 11.3 Å². The molecule has 2 heterocycles. The van der Waals surface area contributed by atoms with Crippen molar-refractivity contribution in [1.29, 1.82) is 0 Å². The first-order valence-corrected chi connectivity index (χ1v) is 10.9. The van der Waals surface area contributed by atoms with Crippen LogP contribution in [0.15, 0.2) is 66.7 Å². The molecule has 1 amide bonds. The zero-order valence-corrected chi connectivity index (χ0v) is 18.1. The number of nitrogens with one attached hydrogen (secondary N) is 1. The van der Waals surface area contributed by atoms with Crippen molar-refractivity contribution in [2.75, 3.05) is 12.4 Å². The van der Waals surface area contributed by atoms with Crippen LogP contribution in [-0.4, -0.2) is 28.2 Å². The van der Waals surface area contributed by atoms with Crippen LogP contribution in [0.2, 0.25) is 10.0 Å². The molecule has 0 saturated carbocycles. The number of aromatic amines is 1. The molecule has 0 bridgehead atoms. The number of nitrogens with zero attached hydrogens (tertiary/aromatic N) is 1. The maximum Gasteiger partial charge on any atom is 0.255 e. The summed E-state index contributed by atoms with van der Waals surface area (Å²) in [5.41, 5.74) is 5.41. The summed E-state index contributed by atoms with van der Waals surface area (Å²) in [5, 5.41) is 2.18. The van der Waals surface area contributed by atoms with E-state index in [1.165, 1.54) is 0 Å². The van der Waals surface area contributed by atoms with Crippen LogP contribution in [0, 0.1) is 0 Å². The summed E-state index contributed by atoms with van der Waals surface area (Å²) in [6, 6.07) is 21.0. The summed E-state index contributed by atoms with van der Waals surface area (Å²) in [6.45, 7) is 0.451. The van der Waals surface area contributed by atoms with Crippen LogP contribution in [0.3, 0.4) is 0 Å². The van der Waals surface area contributed by atoms with Gasteiger partial charge >= 0.3 is 0 Å². The lowest BCUT2D eigenvalue weighted by atomic mass is 9.93. The second-order valence-electron chi connectivity index (χ2n) is 7.26. The molecule has 1 aliphatic heterocycles. The van der Waals surface area contributed by atoms with E-state index in [1.807, 2.05) is 59.5 Å². The van der Waals surface area contributed by atoms with Crippen molar-refractivity contribution >= 4 is 51.6 Å². The van der Waals surface area contributed by atoms with Crippen molar-refractivity contribution in [3.63, 3.8) is 0 Å². The molecule has 1 N–H and O–H groups in total. The van der Waals surface area contributed by atoms with Crippen molar-refractivity contribution in [2.45, 2.75) is 6.04 Å². The normalized spacial score (nSPS) is 15.8. The smallest absolute Gasteiger partial charge is 0.255 e. The predicted molar refractivity (Wildman–Crippen MR) is 124 cm³/mol. The van der Waals surface area contributed by atoms with Crippen LogP contribution in [-0.2, 0) is 0 Å². The number of para-hydroxylation sites is 1. The van der Waals surface area contributed by atoms with Gasteiger partial charge in [0.05, 0.1) is 16.8 Å². The van der Waals surface area contributed by atoms with Gasteiger partial charge in [-0.2, -0.15) is 0 Å². The van der Waals surface area contributed by atoms with Gasteiger partial charge in [-0.1, -0.05) is 59.6 Å². The SMILES string of the molecule is O=C1c2ccccc2C(c2c(-c3ccc(Cl)cc3Cl)[nH]c3ccccc23)N1CCCl. The first-order valence-electron chi connectivity index (χ1n) is 9.62. The average Bonchev–Trinajstić information content (AvgIpc) is 3.24. The number of benzene rings is 3. The molecule has 1 aliphatic rings. The summed E-state index contributed by atoms with van der Waals surface area (Å²) < 4.78 is 0. The standard InChI is InChI=1S/C24H17Cl3N2O/c25-11-12-29-23(15-5-1-2-6-16(15)24(29)30)21-18-7-3-4-8-20(18)28-22(21)17-10-9-14(26)13-19(17)27/h1-10,13,23,28H,11-12H2. The zero-order valence-electron chi connectivity index (χ0n) is 15.8. The molecular formula is C24H17Cl3N2O. The van der Waals surface area contributed by atoms with E-state index < -0.39 is 0 Å². The summed E-state index contributed by atoms with van der Waals surface area (Å²) in [5.74, 6) is 0.352. The van der Waals surface area contributed by atoms with E-state index >= 15 is 0 Å². The van der Waals surface area contributed by atoms with Gasteiger partial charge < -0.3 is 9.88 Å². The van der Waals surface area contributed by atoms with Crippen molar-refractivity contribution in [2.24, 2.45) is 0 Å². The summed E-state index contributed by atoms with van der Waals surface area (Å²) in [7, 11) is 0. The Bertz CT molecular complexity index is 1280. The topological polar surface area (TPSA) is 36.1 Å². The van der Waals surface area contributed by atoms with Gasteiger partial charge in [-0.25, -0.2) is 0 Å². The third-order valence-electron chi connectivity index (χ3n) is 5.60. The number of H-pyrrole nitrogens is 1. The Morgan fingerprint density at radius 2 is 1.70 bits per heavy atom. The van der Waals surface area contributed by atoms with Gasteiger partial charge in [-0.3, -0.25) is 4.79 Å². The van der Waals surface area contributed by atoms with Crippen molar-refractivity contribution in [1.82, 2.24) is 9.88 Å². The number of carbonyl (C=O) groups excluding carboxylic acids is 1. The molecule has 0 radical (unpaired) electrons. The van der Waals surface area contributed by atoms with Crippen LogP contribution in [0.5, 0.6) is 0 Å². The first kappa shape index (κ1) is 19.5. The number of aromatic nitrogens is 1. The molecule has 0 saturated heterocycles. The molecule has 5 rings (SSSR count). The van der Waals surface area contributed by atoms with Crippen molar-refractivity contribution < 1.29 is 4.79 Å². The zero-order chi connectivity index (χ0) is 20.8. The highest BCUT2D eigenvalue weighted by atomic mass is 35.5. The Morgan fingerprint density at radius 3 is 2.50 bits per heavy atom. The Morgan fingerprint density at radius 1 is 0.933 bits per heavy atom. The number of carbonyl (C=O) groups is 1. The molecule has 0 spiro atoms. The monoisotopic (exact) mass is 454 g/mol. The minimum absolute atomic E-state index is 0.00492. The Labute approximate surface area is 189 Å². The molecule has 1 aromatic heterocycles. The quantitative estimate of drug-likeness (QED) is 0.333. The minimum Gasteiger partial charge on any atom is -0.354 e. The largest absolute Gasteiger partial charge is 0.354 e. The highest BCUT2D eigenvalue weighted by Crippen LogP contribution is 2.46. The highest BCUT2D eigenvalue weighted by Gasteiger charge is 2.39. The van der Waals surface area contributed by atoms with Gasteiger partial charge in [-0.05, 0) is 35.9 Å². The maximum atomic E-state index is 13.2. The number of halogens is 3. The summed E-state index contributed by atoms with van der Waals surface area (Å²) >= 11 is 18.8. The van der Waals surface area contributed by atoms with Gasteiger partial charge in [-0.15, -0.1) is 11.6 Å². The first-order chi connectivity index (χ1) is 14.6. The third kappa shape index (κ3) is 3.01. The van der Waals surface area contributed by atoms with Gasteiger partial charge in [0.2, 0.25) is 0 Å². The van der Waals surface area contributed by atoms with Gasteiger partial charge in [0.1, 0.15) is 0 Å². The molecule has 150 valence electrons. The van der Waals surface area contributed by atoms with Gasteiger partial charge in [0, 0.05) is 45.0 Å². The lowest BCUT2D eigenvalue weighted by molar-refractivity contribution is 0.0762. The van der Waals surface area contributed by atoms with E-state index in [-0.39, 0.29) is 11.9 Å². The van der Waals surface area contributed by atoms with E-state index in [1.54, 1.807) is 6.07 Å². The minimum atomic E-state index is -0.259. The van der Waals surface area contributed by atoms with Gasteiger partial charge in [0.25, 0.3) is 5.91 Å². The predicted octanol–water partition coefficient (Wildman–Crippen LogP) is 6.93. The van der Waals surface area contributed by atoms with Crippen LogP contribution in [0.4, 0.5) is 0 Å². The second-order valence-corrected chi connectivity index (χ2v) is 8.48.